The SMILES string of the molecule is O=C(NC1CCCC1)c1ccc(N2C(=O)C3Cc4ccccc4CN3C2=O)cc1. The standard InChI is InChI=1S/C23H23N3O3/c27-21(24-18-7-3-4-8-18)15-9-11-19(12-10-15)26-22(28)20-13-16-5-1-2-6-17(16)14-25(20)23(26)29/h1-2,5-6,9-12,18,20H,3-4,7-8,13-14H2,(H,24,27). The van der Waals surface area contributed by atoms with Gasteiger partial charge in [0.15, 0.2) is 0 Å². The molecule has 5 rings (SSSR count). The van der Waals surface area contributed by atoms with Crippen LogP contribution < -0.4 is 10.2 Å². The molecule has 2 aliphatic heterocycles. The van der Waals surface area contributed by atoms with E-state index in [-0.39, 0.29) is 23.9 Å². The lowest BCUT2D eigenvalue weighted by molar-refractivity contribution is -0.120. The molecule has 2 heterocycles. The van der Waals surface area contributed by atoms with Crippen LogP contribution >= 0.6 is 0 Å². The summed E-state index contributed by atoms with van der Waals surface area (Å²) >= 11 is 0. The molecule has 4 amide bonds. The van der Waals surface area contributed by atoms with E-state index in [1.807, 2.05) is 24.3 Å². The molecule has 1 saturated carbocycles. The number of carbonyl (C=O) groups excluding carboxylic acids is 3. The van der Waals surface area contributed by atoms with Crippen LogP contribution in [0.1, 0.15) is 47.2 Å². The van der Waals surface area contributed by atoms with Crippen LogP contribution in [0.25, 0.3) is 0 Å². The molecule has 1 unspecified atom stereocenters. The summed E-state index contributed by atoms with van der Waals surface area (Å²) in [6, 6.07) is 14.2. The lowest BCUT2D eigenvalue weighted by atomic mass is 9.95. The van der Waals surface area contributed by atoms with Crippen molar-refractivity contribution in [2.45, 2.75) is 50.7 Å². The molecule has 6 nitrogen and oxygen atoms in total. The van der Waals surface area contributed by atoms with E-state index in [0.717, 1.165) is 36.8 Å². The molecule has 2 aromatic carbocycles. The largest absolute Gasteiger partial charge is 0.349 e. The van der Waals surface area contributed by atoms with Crippen LogP contribution in [-0.2, 0) is 17.8 Å². The van der Waals surface area contributed by atoms with Gasteiger partial charge in [0.25, 0.3) is 11.8 Å². The van der Waals surface area contributed by atoms with Gasteiger partial charge in [-0.2, -0.15) is 0 Å². The van der Waals surface area contributed by atoms with Crippen molar-refractivity contribution in [2.75, 3.05) is 4.90 Å². The van der Waals surface area contributed by atoms with E-state index in [2.05, 4.69) is 5.32 Å². The summed E-state index contributed by atoms with van der Waals surface area (Å²) in [6.07, 6.45) is 4.91. The number of carbonyl (C=O) groups is 3. The van der Waals surface area contributed by atoms with Gasteiger partial charge in [-0.1, -0.05) is 37.1 Å². The molecule has 1 atom stereocenters. The van der Waals surface area contributed by atoms with Crippen molar-refractivity contribution in [3.05, 3.63) is 65.2 Å². The Morgan fingerprint density at radius 2 is 1.62 bits per heavy atom. The summed E-state index contributed by atoms with van der Waals surface area (Å²) in [5.41, 5.74) is 3.27. The number of hydrogen-bond acceptors (Lipinski definition) is 3. The number of imide groups is 1. The zero-order valence-corrected chi connectivity index (χ0v) is 16.1. The first kappa shape index (κ1) is 17.9. The molecule has 0 radical (unpaired) electrons. The number of anilines is 1. The van der Waals surface area contributed by atoms with Crippen molar-refractivity contribution < 1.29 is 14.4 Å². The molecule has 3 aliphatic rings. The minimum Gasteiger partial charge on any atom is -0.349 e. The second-order valence-corrected chi connectivity index (χ2v) is 8.07. The van der Waals surface area contributed by atoms with E-state index in [1.165, 1.54) is 4.90 Å². The van der Waals surface area contributed by atoms with Crippen LogP contribution in [0.15, 0.2) is 48.5 Å². The van der Waals surface area contributed by atoms with Crippen molar-refractivity contribution >= 4 is 23.5 Å². The maximum absolute atomic E-state index is 13.0. The van der Waals surface area contributed by atoms with Gasteiger partial charge >= 0.3 is 6.03 Å². The summed E-state index contributed by atoms with van der Waals surface area (Å²) in [7, 11) is 0. The number of rotatable bonds is 3. The minimum atomic E-state index is -0.456. The Morgan fingerprint density at radius 1 is 0.931 bits per heavy atom. The molecule has 0 bridgehead atoms. The van der Waals surface area contributed by atoms with Gasteiger partial charge in [-0.05, 0) is 48.2 Å². The number of fused-ring (bicyclic) bond motifs is 2. The number of nitrogens with one attached hydrogen (secondary N) is 1. The quantitative estimate of drug-likeness (QED) is 0.820. The fourth-order valence-corrected chi connectivity index (χ4v) is 4.65. The number of hydrogen-bond donors (Lipinski definition) is 1. The molecular weight excluding hydrogens is 366 g/mol. The lowest BCUT2D eigenvalue weighted by Crippen LogP contribution is -2.39. The van der Waals surface area contributed by atoms with Gasteiger partial charge in [-0.3, -0.25) is 9.59 Å². The van der Waals surface area contributed by atoms with Crippen LogP contribution in [0.5, 0.6) is 0 Å². The van der Waals surface area contributed by atoms with E-state index in [9.17, 15) is 14.4 Å². The zero-order valence-electron chi connectivity index (χ0n) is 16.1. The van der Waals surface area contributed by atoms with E-state index >= 15 is 0 Å². The average molecular weight is 389 g/mol. The topological polar surface area (TPSA) is 69.7 Å². The predicted octanol–water partition coefficient (Wildman–Crippen LogP) is 3.25. The Balaban J connectivity index is 1.34. The van der Waals surface area contributed by atoms with Crippen LogP contribution in [0, 0.1) is 0 Å². The Kier molecular flexibility index (Phi) is 4.34. The first-order valence-electron chi connectivity index (χ1n) is 10.2. The third kappa shape index (κ3) is 3.09. The van der Waals surface area contributed by atoms with E-state index in [1.54, 1.807) is 29.2 Å². The summed E-state index contributed by atoms with van der Waals surface area (Å²) < 4.78 is 0. The molecule has 6 heteroatoms. The molecule has 1 saturated heterocycles. The summed E-state index contributed by atoms with van der Waals surface area (Å²) in [6.45, 7) is 0.448. The van der Waals surface area contributed by atoms with Gasteiger partial charge in [-0.15, -0.1) is 0 Å². The monoisotopic (exact) mass is 389 g/mol. The Labute approximate surface area is 169 Å². The van der Waals surface area contributed by atoms with E-state index in [0.29, 0.717) is 24.2 Å². The van der Waals surface area contributed by atoms with Crippen LogP contribution in [-0.4, -0.2) is 34.8 Å². The predicted molar refractivity (Wildman–Crippen MR) is 109 cm³/mol. The fraction of sp³-hybridized carbons (Fsp3) is 0.348. The van der Waals surface area contributed by atoms with Crippen molar-refractivity contribution in [2.24, 2.45) is 0 Å². The molecular formula is C23H23N3O3. The van der Waals surface area contributed by atoms with Crippen LogP contribution in [0.2, 0.25) is 0 Å². The number of amides is 4. The van der Waals surface area contributed by atoms with Gasteiger partial charge in [0.2, 0.25) is 0 Å². The number of benzene rings is 2. The summed E-state index contributed by atoms with van der Waals surface area (Å²) in [5.74, 6) is -0.303. The molecule has 2 fully saturated rings. The minimum absolute atomic E-state index is 0.101. The number of nitrogens with zero attached hydrogens (tertiary/aromatic N) is 2. The molecule has 0 aromatic heterocycles. The summed E-state index contributed by atoms with van der Waals surface area (Å²) in [4.78, 5) is 41.3. The van der Waals surface area contributed by atoms with Crippen molar-refractivity contribution in [3.8, 4) is 0 Å². The molecule has 2 aromatic rings. The highest BCUT2D eigenvalue weighted by atomic mass is 16.2. The zero-order chi connectivity index (χ0) is 20.0. The molecule has 1 aliphatic carbocycles. The van der Waals surface area contributed by atoms with Gasteiger partial charge in [0.05, 0.1) is 5.69 Å². The molecule has 0 spiro atoms. The number of urea groups is 1. The third-order valence-corrected chi connectivity index (χ3v) is 6.27. The average Bonchev–Trinajstić information content (AvgIpc) is 3.33. The normalized spacial score (nSPS) is 21.3. The van der Waals surface area contributed by atoms with E-state index < -0.39 is 6.04 Å². The van der Waals surface area contributed by atoms with Gasteiger partial charge < -0.3 is 10.2 Å². The maximum atomic E-state index is 13.0. The third-order valence-electron chi connectivity index (χ3n) is 6.27. The fourth-order valence-electron chi connectivity index (χ4n) is 4.65. The molecule has 148 valence electrons. The van der Waals surface area contributed by atoms with Crippen molar-refractivity contribution in [1.82, 2.24) is 10.2 Å². The second-order valence-electron chi connectivity index (χ2n) is 8.07. The molecule has 1 N–H and O–H groups in total. The first-order chi connectivity index (χ1) is 14.1. The smallest absolute Gasteiger partial charge is 0.332 e. The van der Waals surface area contributed by atoms with Gasteiger partial charge in [0.1, 0.15) is 6.04 Å². The Bertz CT molecular complexity index is 936. The Morgan fingerprint density at radius 3 is 2.34 bits per heavy atom. The highest BCUT2D eigenvalue weighted by molar-refractivity contribution is 6.21. The second kappa shape index (κ2) is 7.03. The highest BCUT2D eigenvalue weighted by Gasteiger charge is 2.47. The van der Waals surface area contributed by atoms with Gasteiger partial charge in [0, 0.05) is 24.6 Å². The van der Waals surface area contributed by atoms with Crippen molar-refractivity contribution in [1.29, 1.82) is 0 Å². The summed E-state index contributed by atoms with van der Waals surface area (Å²) in [5, 5.41) is 3.06. The van der Waals surface area contributed by atoms with Gasteiger partial charge in [-0.25, -0.2) is 9.69 Å². The van der Waals surface area contributed by atoms with Crippen LogP contribution in [0.3, 0.4) is 0 Å². The maximum Gasteiger partial charge on any atom is 0.332 e. The lowest BCUT2D eigenvalue weighted by Gasteiger charge is -2.28. The highest BCUT2D eigenvalue weighted by Crippen LogP contribution is 2.33. The first-order valence-corrected chi connectivity index (χ1v) is 10.2. The van der Waals surface area contributed by atoms with Crippen LogP contribution in [0.4, 0.5) is 10.5 Å². The van der Waals surface area contributed by atoms with Crippen molar-refractivity contribution in [3.63, 3.8) is 0 Å². The Hall–Kier alpha value is -3.15. The molecule has 29 heavy (non-hydrogen) atoms. The van der Waals surface area contributed by atoms with E-state index in [4.69, 9.17) is 0 Å².